The van der Waals surface area contributed by atoms with E-state index in [0.717, 1.165) is 4.31 Å². The number of rotatable bonds is 8. The number of sulfonamides is 1. The van der Waals surface area contributed by atoms with Crippen LogP contribution in [0.15, 0.2) is 82.2 Å². The van der Waals surface area contributed by atoms with Crippen molar-refractivity contribution in [2.24, 2.45) is 0 Å². The van der Waals surface area contributed by atoms with Crippen molar-refractivity contribution in [3.63, 3.8) is 0 Å². The van der Waals surface area contributed by atoms with Gasteiger partial charge in [0, 0.05) is 16.2 Å². The fourth-order valence-electron chi connectivity index (χ4n) is 2.91. The highest BCUT2D eigenvalue weighted by Crippen LogP contribution is 2.32. The number of nitrogens with zero attached hydrogens (tertiary/aromatic N) is 1. The second-order valence-corrected chi connectivity index (χ2v) is 9.17. The monoisotopic (exact) mass is 504 g/mol. The number of amides is 1. The Bertz CT molecular complexity index is 1170. The van der Waals surface area contributed by atoms with E-state index in [1.807, 2.05) is 0 Å². The molecule has 3 rings (SSSR count). The van der Waals surface area contributed by atoms with Crippen LogP contribution in [0.5, 0.6) is 11.5 Å². The van der Waals surface area contributed by atoms with Crippen LogP contribution in [0, 0.1) is 0 Å². The number of halogens is 1. The van der Waals surface area contributed by atoms with Gasteiger partial charge in [-0.2, -0.15) is 0 Å². The molecular weight excluding hydrogens is 484 g/mol. The summed E-state index contributed by atoms with van der Waals surface area (Å²) in [6.07, 6.45) is 0. The number of nitrogens with one attached hydrogen (secondary N) is 1. The van der Waals surface area contributed by atoms with Gasteiger partial charge < -0.3 is 14.8 Å². The molecular formula is C22H21BrN2O5S. The van der Waals surface area contributed by atoms with E-state index < -0.39 is 22.5 Å². The van der Waals surface area contributed by atoms with E-state index in [4.69, 9.17) is 9.47 Å². The maximum absolute atomic E-state index is 13.6. The minimum Gasteiger partial charge on any atom is -0.497 e. The summed E-state index contributed by atoms with van der Waals surface area (Å²) >= 11 is 3.30. The van der Waals surface area contributed by atoms with E-state index in [9.17, 15) is 13.2 Å². The molecule has 1 amide bonds. The molecule has 0 atom stereocenters. The van der Waals surface area contributed by atoms with Gasteiger partial charge in [0.05, 0.1) is 19.9 Å². The minimum absolute atomic E-state index is 0.0533. The van der Waals surface area contributed by atoms with Crippen LogP contribution in [0.2, 0.25) is 0 Å². The van der Waals surface area contributed by atoms with Gasteiger partial charge >= 0.3 is 0 Å². The van der Waals surface area contributed by atoms with Crippen LogP contribution in [-0.4, -0.2) is 35.1 Å². The highest BCUT2D eigenvalue weighted by Gasteiger charge is 2.30. The molecule has 3 aromatic rings. The normalized spacial score (nSPS) is 10.9. The third kappa shape index (κ3) is 5.36. The molecule has 3 aromatic carbocycles. The van der Waals surface area contributed by atoms with Gasteiger partial charge in [-0.15, -0.1) is 0 Å². The summed E-state index contributed by atoms with van der Waals surface area (Å²) in [5, 5.41) is 2.71. The molecule has 0 aliphatic carbocycles. The average Bonchev–Trinajstić information content (AvgIpc) is 2.78. The Morgan fingerprint density at radius 2 is 1.71 bits per heavy atom. The zero-order valence-electron chi connectivity index (χ0n) is 16.9. The molecule has 0 saturated heterocycles. The molecule has 0 bridgehead atoms. The predicted molar refractivity (Wildman–Crippen MR) is 123 cm³/mol. The van der Waals surface area contributed by atoms with Gasteiger partial charge in [-0.25, -0.2) is 8.42 Å². The van der Waals surface area contributed by atoms with E-state index in [0.29, 0.717) is 21.6 Å². The summed E-state index contributed by atoms with van der Waals surface area (Å²) < 4.78 is 39.2. The summed E-state index contributed by atoms with van der Waals surface area (Å²) in [6, 6.07) is 19.9. The zero-order valence-corrected chi connectivity index (χ0v) is 19.3. The maximum Gasteiger partial charge on any atom is 0.268 e. The van der Waals surface area contributed by atoms with Crippen LogP contribution in [-0.2, 0) is 14.8 Å². The van der Waals surface area contributed by atoms with Crippen LogP contribution in [0.3, 0.4) is 0 Å². The van der Waals surface area contributed by atoms with Crippen molar-refractivity contribution in [3.8, 4) is 11.5 Å². The summed E-state index contributed by atoms with van der Waals surface area (Å²) in [5.41, 5.74) is 0.847. The van der Waals surface area contributed by atoms with Crippen LogP contribution >= 0.6 is 15.9 Å². The molecule has 7 nitrogen and oxygen atoms in total. The Balaban J connectivity index is 1.97. The summed E-state index contributed by atoms with van der Waals surface area (Å²) in [6.45, 7) is -0.431. The first-order chi connectivity index (χ1) is 14.8. The molecule has 0 heterocycles. The Hall–Kier alpha value is -3.04. The number of hydrogen-bond donors (Lipinski definition) is 1. The largest absolute Gasteiger partial charge is 0.497 e. The number of para-hydroxylation sites is 1. The van der Waals surface area contributed by atoms with Gasteiger partial charge in [0.1, 0.15) is 22.9 Å². The second kappa shape index (κ2) is 9.84. The van der Waals surface area contributed by atoms with Crippen molar-refractivity contribution in [3.05, 3.63) is 77.3 Å². The highest BCUT2D eigenvalue weighted by atomic mass is 79.9. The molecule has 1 N–H and O–H groups in total. The maximum atomic E-state index is 13.6. The van der Waals surface area contributed by atoms with E-state index in [1.54, 1.807) is 66.7 Å². The first-order valence-corrected chi connectivity index (χ1v) is 11.4. The van der Waals surface area contributed by atoms with Crippen molar-refractivity contribution in [2.75, 3.05) is 30.4 Å². The van der Waals surface area contributed by atoms with Crippen LogP contribution in [0.4, 0.5) is 11.4 Å². The van der Waals surface area contributed by atoms with Gasteiger partial charge in [-0.05, 0) is 42.5 Å². The number of ether oxygens (including phenoxy) is 2. The Morgan fingerprint density at radius 3 is 2.39 bits per heavy atom. The van der Waals surface area contributed by atoms with Gasteiger partial charge in [-0.1, -0.05) is 40.2 Å². The van der Waals surface area contributed by atoms with E-state index in [2.05, 4.69) is 21.2 Å². The smallest absolute Gasteiger partial charge is 0.268 e. The quantitative estimate of drug-likeness (QED) is 0.494. The standard InChI is InChI=1S/C22H21BrN2O5S/c1-29-19-10-6-7-17(14-19)24-22(26)15-25(18-8-4-3-5-9-18)31(27,28)21-13-16(23)11-12-20(21)30-2/h3-14H,15H2,1-2H3,(H,24,26). The predicted octanol–water partition coefficient (Wildman–Crippen LogP) is 4.30. The molecule has 162 valence electrons. The molecule has 9 heteroatoms. The average molecular weight is 505 g/mol. The second-order valence-electron chi connectivity index (χ2n) is 6.42. The third-order valence-corrected chi connectivity index (χ3v) is 6.67. The molecule has 0 aliphatic rings. The van der Waals surface area contributed by atoms with Crippen molar-refractivity contribution in [1.29, 1.82) is 0 Å². The topological polar surface area (TPSA) is 84.9 Å². The van der Waals surface area contributed by atoms with Gasteiger partial charge in [0.2, 0.25) is 5.91 Å². The first kappa shape index (κ1) is 22.6. The Morgan fingerprint density at radius 1 is 0.968 bits per heavy atom. The molecule has 0 radical (unpaired) electrons. The first-order valence-electron chi connectivity index (χ1n) is 9.20. The number of anilines is 2. The summed E-state index contributed by atoms with van der Waals surface area (Å²) in [4.78, 5) is 12.7. The molecule has 0 spiro atoms. The number of carbonyl (C=O) groups excluding carboxylic acids is 1. The van der Waals surface area contributed by atoms with Crippen LogP contribution in [0.25, 0.3) is 0 Å². The lowest BCUT2D eigenvalue weighted by Crippen LogP contribution is -2.38. The third-order valence-electron chi connectivity index (χ3n) is 4.38. The fraction of sp³-hybridized carbons (Fsp3) is 0.136. The van der Waals surface area contributed by atoms with E-state index >= 15 is 0 Å². The van der Waals surface area contributed by atoms with Crippen molar-refractivity contribution in [2.45, 2.75) is 4.90 Å². The highest BCUT2D eigenvalue weighted by molar-refractivity contribution is 9.10. The molecule has 0 aliphatic heterocycles. The van der Waals surface area contributed by atoms with E-state index in [1.165, 1.54) is 20.3 Å². The Kier molecular flexibility index (Phi) is 7.19. The molecule has 0 unspecified atom stereocenters. The number of carbonyl (C=O) groups is 1. The van der Waals surface area contributed by atoms with E-state index in [-0.39, 0.29) is 10.6 Å². The number of benzene rings is 3. The summed E-state index contributed by atoms with van der Waals surface area (Å²) in [5.74, 6) is 0.246. The number of hydrogen-bond acceptors (Lipinski definition) is 5. The Labute approximate surface area is 189 Å². The lowest BCUT2D eigenvalue weighted by atomic mass is 10.3. The molecule has 31 heavy (non-hydrogen) atoms. The molecule has 0 saturated carbocycles. The summed E-state index contributed by atoms with van der Waals surface area (Å²) in [7, 11) is -1.21. The molecule has 0 fully saturated rings. The van der Waals surface area contributed by atoms with Gasteiger partial charge in [0.25, 0.3) is 10.0 Å². The van der Waals surface area contributed by atoms with Crippen LogP contribution < -0.4 is 19.1 Å². The van der Waals surface area contributed by atoms with Crippen LogP contribution in [0.1, 0.15) is 0 Å². The molecule has 0 aromatic heterocycles. The lowest BCUT2D eigenvalue weighted by Gasteiger charge is -2.25. The zero-order chi connectivity index (χ0) is 22.4. The number of methoxy groups -OCH3 is 2. The fourth-order valence-corrected chi connectivity index (χ4v) is 5.03. The van der Waals surface area contributed by atoms with Gasteiger partial charge in [-0.3, -0.25) is 9.10 Å². The van der Waals surface area contributed by atoms with Crippen molar-refractivity contribution in [1.82, 2.24) is 0 Å². The SMILES string of the molecule is COc1cccc(NC(=O)CN(c2ccccc2)S(=O)(=O)c2cc(Br)ccc2OC)c1. The van der Waals surface area contributed by atoms with Crippen molar-refractivity contribution >= 4 is 43.2 Å². The van der Waals surface area contributed by atoms with Crippen molar-refractivity contribution < 1.29 is 22.7 Å². The lowest BCUT2D eigenvalue weighted by molar-refractivity contribution is -0.114. The minimum atomic E-state index is -4.13. The van der Waals surface area contributed by atoms with Gasteiger partial charge in [0.15, 0.2) is 0 Å².